The molecule has 1 N–H and O–H groups in total. The topological polar surface area (TPSA) is 15.3 Å². The second-order valence-electron chi connectivity index (χ2n) is 3.10. The molecule has 12 heavy (non-hydrogen) atoms. The first-order valence-electron chi connectivity index (χ1n) is 4.28. The molecule has 0 amide bonds. The van der Waals surface area contributed by atoms with E-state index in [1.54, 1.807) is 0 Å². The van der Waals surface area contributed by atoms with E-state index in [0.717, 1.165) is 0 Å². The Bertz CT molecular complexity index is 101. The molecule has 2 nitrogen and oxygen atoms in total. The van der Waals surface area contributed by atoms with Crippen molar-refractivity contribution >= 4 is 24.8 Å². The Morgan fingerprint density at radius 2 is 2.08 bits per heavy atom. The first-order chi connectivity index (χ1) is 4.83. The zero-order valence-electron chi connectivity index (χ0n) is 7.88. The van der Waals surface area contributed by atoms with Gasteiger partial charge in [0.1, 0.15) is 0 Å². The van der Waals surface area contributed by atoms with Crippen molar-refractivity contribution in [2.45, 2.75) is 26.3 Å². The average molecular weight is 215 g/mol. The SMILES string of the molecule is CCN1CCCNC(C)C1.Cl.Cl. The molecule has 1 heterocycles. The van der Waals surface area contributed by atoms with Gasteiger partial charge in [0.25, 0.3) is 0 Å². The molecule has 1 aliphatic heterocycles. The van der Waals surface area contributed by atoms with Crippen LogP contribution in [0, 0.1) is 0 Å². The summed E-state index contributed by atoms with van der Waals surface area (Å²) in [5.74, 6) is 0. The fourth-order valence-electron chi connectivity index (χ4n) is 1.48. The minimum atomic E-state index is 0. The third-order valence-electron chi connectivity index (χ3n) is 2.12. The first-order valence-corrected chi connectivity index (χ1v) is 4.28. The van der Waals surface area contributed by atoms with Crippen molar-refractivity contribution in [3.63, 3.8) is 0 Å². The molecule has 1 atom stereocenters. The Kier molecular flexibility index (Phi) is 10.1. The summed E-state index contributed by atoms with van der Waals surface area (Å²) in [6.07, 6.45) is 1.30. The molecule has 0 aromatic rings. The molecule has 0 saturated carbocycles. The third-order valence-corrected chi connectivity index (χ3v) is 2.12. The maximum atomic E-state index is 3.47. The van der Waals surface area contributed by atoms with Crippen LogP contribution in [-0.2, 0) is 0 Å². The molecule has 0 radical (unpaired) electrons. The summed E-state index contributed by atoms with van der Waals surface area (Å²) in [5, 5.41) is 3.47. The number of rotatable bonds is 1. The number of likely N-dealkylation sites (N-methyl/N-ethyl adjacent to an activating group) is 1. The summed E-state index contributed by atoms with van der Waals surface area (Å²) in [7, 11) is 0. The number of nitrogens with one attached hydrogen (secondary N) is 1. The van der Waals surface area contributed by atoms with Crippen LogP contribution in [0.2, 0.25) is 0 Å². The van der Waals surface area contributed by atoms with Crippen LogP contribution in [0.4, 0.5) is 0 Å². The first kappa shape index (κ1) is 15.0. The van der Waals surface area contributed by atoms with Crippen molar-refractivity contribution in [2.24, 2.45) is 0 Å². The van der Waals surface area contributed by atoms with Crippen LogP contribution in [-0.4, -0.2) is 37.1 Å². The number of hydrogen-bond donors (Lipinski definition) is 1. The van der Waals surface area contributed by atoms with E-state index in [9.17, 15) is 0 Å². The molecule has 0 aromatic carbocycles. The zero-order valence-corrected chi connectivity index (χ0v) is 9.51. The molecule has 0 aromatic heterocycles. The summed E-state index contributed by atoms with van der Waals surface area (Å²) in [6, 6.07) is 0.683. The van der Waals surface area contributed by atoms with E-state index in [1.807, 2.05) is 0 Å². The van der Waals surface area contributed by atoms with Crippen molar-refractivity contribution in [1.29, 1.82) is 0 Å². The highest BCUT2D eigenvalue weighted by Crippen LogP contribution is 1.98. The molecule has 76 valence electrons. The molecule has 1 saturated heterocycles. The van der Waals surface area contributed by atoms with Gasteiger partial charge in [-0.3, -0.25) is 0 Å². The van der Waals surface area contributed by atoms with E-state index in [4.69, 9.17) is 0 Å². The molecule has 1 aliphatic rings. The van der Waals surface area contributed by atoms with Crippen molar-refractivity contribution in [3.05, 3.63) is 0 Å². The standard InChI is InChI=1S/C8H18N2.2ClH/c1-3-10-6-4-5-9-8(2)7-10;;/h8-9H,3-7H2,1-2H3;2*1H. The van der Waals surface area contributed by atoms with Crippen LogP contribution in [0.1, 0.15) is 20.3 Å². The summed E-state index contributed by atoms with van der Waals surface area (Å²) in [6.45, 7) is 9.38. The quantitative estimate of drug-likeness (QED) is 0.713. The highest BCUT2D eigenvalue weighted by molar-refractivity contribution is 5.85. The lowest BCUT2D eigenvalue weighted by atomic mass is 10.3. The monoisotopic (exact) mass is 214 g/mol. The predicted molar refractivity (Wildman–Crippen MR) is 58.7 cm³/mol. The highest BCUT2D eigenvalue weighted by atomic mass is 35.5. The van der Waals surface area contributed by atoms with E-state index >= 15 is 0 Å². The van der Waals surface area contributed by atoms with Crippen molar-refractivity contribution in [3.8, 4) is 0 Å². The van der Waals surface area contributed by atoms with Crippen LogP contribution in [0.5, 0.6) is 0 Å². The lowest BCUT2D eigenvalue weighted by molar-refractivity contribution is 0.287. The van der Waals surface area contributed by atoms with Crippen molar-refractivity contribution in [2.75, 3.05) is 26.2 Å². The Morgan fingerprint density at radius 1 is 1.42 bits per heavy atom. The van der Waals surface area contributed by atoms with Gasteiger partial charge in [-0.1, -0.05) is 6.92 Å². The van der Waals surface area contributed by atoms with Gasteiger partial charge in [-0.15, -0.1) is 24.8 Å². The third kappa shape index (κ3) is 5.20. The fraction of sp³-hybridized carbons (Fsp3) is 1.00. The Hall–Kier alpha value is 0.500. The average Bonchev–Trinajstić information content (AvgIpc) is 2.13. The largest absolute Gasteiger partial charge is 0.313 e. The highest BCUT2D eigenvalue weighted by Gasteiger charge is 2.10. The van der Waals surface area contributed by atoms with Gasteiger partial charge in [0.2, 0.25) is 0 Å². The van der Waals surface area contributed by atoms with Gasteiger partial charge in [-0.05, 0) is 33.0 Å². The van der Waals surface area contributed by atoms with Gasteiger partial charge in [0.15, 0.2) is 0 Å². The van der Waals surface area contributed by atoms with E-state index < -0.39 is 0 Å². The van der Waals surface area contributed by atoms with Gasteiger partial charge in [0, 0.05) is 12.6 Å². The Morgan fingerprint density at radius 3 is 2.67 bits per heavy atom. The summed E-state index contributed by atoms with van der Waals surface area (Å²) >= 11 is 0. The summed E-state index contributed by atoms with van der Waals surface area (Å²) in [5.41, 5.74) is 0. The van der Waals surface area contributed by atoms with Gasteiger partial charge in [-0.25, -0.2) is 0 Å². The summed E-state index contributed by atoms with van der Waals surface area (Å²) < 4.78 is 0. The molecule has 0 bridgehead atoms. The number of nitrogens with zero attached hydrogens (tertiary/aromatic N) is 1. The fourth-order valence-corrected chi connectivity index (χ4v) is 1.48. The lowest BCUT2D eigenvalue weighted by Gasteiger charge is -2.19. The van der Waals surface area contributed by atoms with E-state index in [-0.39, 0.29) is 24.8 Å². The molecular weight excluding hydrogens is 195 g/mol. The molecular formula is C8H20Cl2N2. The van der Waals surface area contributed by atoms with Crippen LogP contribution >= 0.6 is 24.8 Å². The van der Waals surface area contributed by atoms with Gasteiger partial charge in [-0.2, -0.15) is 0 Å². The van der Waals surface area contributed by atoms with Crippen LogP contribution in [0.15, 0.2) is 0 Å². The number of hydrogen-bond acceptors (Lipinski definition) is 2. The maximum Gasteiger partial charge on any atom is 0.0166 e. The normalized spacial score (nSPS) is 25.0. The minimum absolute atomic E-state index is 0. The number of halogens is 2. The van der Waals surface area contributed by atoms with Crippen molar-refractivity contribution < 1.29 is 0 Å². The van der Waals surface area contributed by atoms with E-state index in [0.29, 0.717) is 6.04 Å². The van der Waals surface area contributed by atoms with Crippen molar-refractivity contribution in [1.82, 2.24) is 10.2 Å². The zero-order chi connectivity index (χ0) is 7.40. The minimum Gasteiger partial charge on any atom is -0.313 e. The predicted octanol–water partition coefficient (Wildman–Crippen LogP) is 1.53. The molecule has 0 aliphatic carbocycles. The van der Waals surface area contributed by atoms with E-state index in [1.165, 1.54) is 32.6 Å². The van der Waals surface area contributed by atoms with Crippen LogP contribution in [0.25, 0.3) is 0 Å². The molecule has 1 rings (SSSR count). The van der Waals surface area contributed by atoms with Gasteiger partial charge >= 0.3 is 0 Å². The van der Waals surface area contributed by atoms with E-state index in [2.05, 4.69) is 24.1 Å². The molecule has 0 spiro atoms. The second kappa shape index (κ2) is 8.11. The molecule has 4 heteroatoms. The Labute approximate surface area is 87.9 Å². The van der Waals surface area contributed by atoms with Crippen LogP contribution < -0.4 is 5.32 Å². The van der Waals surface area contributed by atoms with Crippen LogP contribution in [0.3, 0.4) is 0 Å². The Balaban J connectivity index is 0. The molecule has 1 unspecified atom stereocenters. The second-order valence-corrected chi connectivity index (χ2v) is 3.10. The maximum absolute atomic E-state index is 3.47. The molecule has 1 fully saturated rings. The van der Waals surface area contributed by atoms with Gasteiger partial charge in [0.05, 0.1) is 0 Å². The lowest BCUT2D eigenvalue weighted by Crippen LogP contribution is -2.35. The smallest absolute Gasteiger partial charge is 0.0166 e. The summed E-state index contributed by atoms with van der Waals surface area (Å²) in [4.78, 5) is 2.50. The van der Waals surface area contributed by atoms with Gasteiger partial charge < -0.3 is 10.2 Å².